The summed E-state index contributed by atoms with van der Waals surface area (Å²) in [7, 11) is 0. The van der Waals surface area contributed by atoms with E-state index in [2.05, 4.69) is 22.0 Å². The molecule has 1 N–H and O–H groups in total. The Hall–Kier alpha value is -2.15. The number of aryl methyl sites for hydroxylation is 2. The third-order valence-corrected chi connectivity index (χ3v) is 7.75. The van der Waals surface area contributed by atoms with Gasteiger partial charge in [-0.2, -0.15) is 0 Å². The van der Waals surface area contributed by atoms with Gasteiger partial charge in [-0.25, -0.2) is 4.79 Å². The molecule has 1 fully saturated rings. The number of halogens is 1. The molecule has 0 bridgehead atoms. The Bertz CT molecular complexity index is 1180. The summed E-state index contributed by atoms with van der Waals surface area (Å²) in [4.78, 5) is 30.3. The summed E-state index contributed by atoms with van der Waals surface area (Å²) >= 11 is 7.68. The number of aromatic nitrogens is 2. The molecule has 1 unspecified atom stereocenters. The Morgan fingerprint density at radius 1 is 1.17 bits per heavy atom. The van der Waals surface area contributed by atoms with Crippen LogP contribution >= 0.6 is 22.9 Å². The lowest BCUT2D eigenvalue weighted by Crippen LogP contribution is -2.32. The lowest BCUT2D eigenvalue weighted by Gasteiger charge is -2.25. The van der Waals surface area contributed by atoms with Crippen LogP contribution in [-0.2, 0) is 18.4 Å². The number of rotatable bonds is 5. The molecule has 3 aromatic rings. The molecule has 2 aromatic heterocycles. The van der Waals surface area contributed by atoms with Crippen molar-refractivity contribution >= 4 is 22.9 Å². The van der Waals surface area contributed by atoms with Crippen molar-refractivity contribution in [2.45, 2.75) is 37.6 Å². The van der Waals surface area contributed by atoms with E-state index in [1.54, 1.807) is 10.8 Å². The van der Waals surface area contributed by atoms with E-state index >= 15 is 0 Å². The summed E-state index contributed by atoms with van der Waals surface area (Å²) in [5, 5.41) is 2.76. The number of benzene rings is 1. The second-order valence-electron chi connectivity index (χ2n) is 8.43. The number of hydrogen-bond donors (Lipinski definition) is 1. The van der Waals surface area contributed by atoms with Crippen molar-refractivity contribution in [3.8, 4) is 10.4 Å². The topological polar surface area (TPSA) is 58.1 Å². The van der Waals surface area contributed by atoms with Gasteiger partial charge in [-0.05, 0) is 73.5 Å². The van der Waals surface area contributed by atoms with Gasteiger partial charge in [0.05, 0.1) is 5.56 Å². The molecule has 0 amide bonds. The van der Waals surface area contributed by atoms with Crippen LogP contribution in [0.3, 0.4) is 0 Å². The van der Waals surface area contributed by atoms with Crippen molar-refractivity contribution in [3.05, 3.63) is 78.9 Å². The molecule has 5 nitrogen and oxygen atoms in total. The molecule has 3 heterocycles. The zero-order valence-corrected chi connectivity index (χ0v) is 18.3. The van der Waals surface area contributed by atoms with Crippen LogP contribution in [0.2, 0.25) is 5.02 Å². The van der Waals surface area contributed by atoms with Crippen LogP contribution in [0.4, 0.5) is 0 Å². The molecule has 30 heavy (non-hydrogen) atoms. The maximum atomic E-state index is 12.2. The van der Waals surface area contributed by atoms with Crippen LogP contribution in [-0.4, -0.2) is 34.1 Å². The standard InChI is InChI=1S/C23H24ClN3O2S/c24-17-4-5-19-16(13-17)6-7-23(19)8-11-26(15-23)9-2-10-27-14-18(20-3-1-12-30-20)21(28)25-22(27)29/h1,3-5,12-14H,2,6-11,15H2,(H,25,28,29). The summed E-state index contributed by atoms with van der Waals surface area (Å²) in [5.74, 6) is 0. The van der Waals surface area contributed by atoms with E-state index in [9.17, 15) is 9.59 Å². The predicted molar refractivity (Wildman–Crippen MR) is 122 cm³/mol. The average Bonchev–Trinajstić information content (AvgIpc) is 3.45. The fourth-order valence-corrected chi connectivity index (χ4v) is 6.04. The van der Waals surface area contributed by atoms with Crippen molar-refractivity contribution in [3.63, 3.8) is 0 Å². The van der Waals surface area contributed by atoms with E-state index in [0.29, 0.717) is 12.1 Å². The van der Waals surface area contributed by atoms with E-state index in [4.69, 9.17) is 11.6 Å². The maximum Gasteiger partial charge on any atom is 0.328 e. The Kier molecular flexibility index (Phi) is 5.17. The number of nitrogens with zero attached hydrogens (tertiary/aromatic N) is 2. The van der Waals surface area contributed by atoms with E-state index in [0.717, 1.165) is 42.4 Å². The summed E-state index contributed by atoms with van der Waals surface area (Å²) in [6, 6.07) is 10.2. The Morgan fingerprint density at radius 2 is 2.07 bits per heavy atom. The van der Waals surface area contributed by atoms with Gasteiger partial charge in [0.15, 0.2) is 0 Å². The highest BCUT2D eigenvalue weighted by molar-refractivity contribution is 7.13. The molecular weight excluding hydrogens is 418 g/mol. The molecule has 1 spiro atoms. The lowest BCUT2D eigenvalue weighted by atomic mass is 9.81. The lowest BCUT2D eigenvalue weighted by molar-refractivity contribution is 0.298. The quantitative estimate of drug-likeness (QED) is 0.653. The van der Waals surface area contributed by atoms with Crippen molar-refractivity contribution in [2.24, 2.45) is 0 Å². The summed E-state index contributed by atoms with van der Waals surface area (Å²) < 4.78 is 1.63. The van der Waals surface area contributed by atoms with Crippen molar-refractivity contribution in [1.29, 1.82) is 0 Å². The normalized spacial score (nSPS) is 20.8. The Labute approximate surface area is 183 Å². The monoisotopic (exact) mass is 441 g/mol. The van der Waals surface area contributed by atoms with Gasteiger partial charge in [-0.1, -0.05) is 23.7 Å². The highest BCUT2D eigenvalue weighted by atomic mass is 35.5. The minimum atomic E-state index is -0.334. The first-order chi connectivity index (χ1) is 14.5. The molecule has 7 heteroatoms. The predicted octanol–water partition coefficient (Wildman–Crippen LogP) is 3.90. The third-order valence-electron chi connectivity index (χ3n) is 6.62. The number of likely N-dealkylation sites (tertiary alicyclic amines) is 1. The number of aromatic amines is 1. The number of fused-ring (bicyclic) bond motifs is 2. The average molecular weight is 442 g/mol. The molecule has 1 atom stereocenters. The van der Waals surface area contributed by atoms with E-state index < -0.39 is 0 Å². The van der Waals surface area contributed by atoms with E-state index in [1.807, 2.05) is 23.6 Å². The molecule has 1 aliphatic carbocycles. The van der Waals surface area contributed by atoms with Crippen molar-refractivity contribution < 1.29 is 0 Å². The Balaban J connectivity index is 1.24. The first-order valence-electron chi connectivity index (χ1n) is 10.4. The molecule has 0 saturated carbocycles. The van der Waals surface area contributed by atoms with Gasteiger partial charge < -0.3 is 4.90 Å². The first-order valence-corrected chi connectivity index (χ1v) is 11.7. The van der Waals surface area contributed by atoms with Gasteiger partial charge in [-0.15, -0.1) is 11.3 Å². The number of H-pyrrole nitrogens is 1. The molecule has 2 aliphatic rings. The zero-order chi connectivity index (χ0) is 20.7. The fourth-order valence-electron chi connectivity index (χ4n) is 5.12. The van der Waals surface area contributed by atoms with Crippen LogP contribution in [0.5, 0.6) is 0 Å². The maximum absolute atomic E-state index is 12.2. The van der Waals surface area contributed by atoms with Crippen LogP contribution in [0.1, 0.15) is 30.4 Å². The van der Waals surface area contributed by atoms with E-state index in [1.165, 1.54) is 35.3 Å². The smallest absolute Gasteiger partial charge is 0.302 e. The number of thiophene rings is 1. The second-order valence-corrected chi connectivity index (χ2v) is 9.82. The van der Waals surface area contributed by atoms with E-state index in [-0.39, 0.29) is 16.7 Å². The molecule has 1 aromatic carbocycles. The first kappa shape index (κ1) is 19.8. The number of hydrogen-bond acceptors (Lipinski definition) is 4. The van der Waals surface area contributed by atoms with Crippen LogP contribution in [0, 0.1) is 0 Å². The van der Waals surface area contributed by atoms with Crippen LogP contribution in [0.15, 0.2) is 51.5 Å². The van der Waals surface area contributed by atoms with Gasteiger partial charge >= 0.3 is 5.69 Å². The summed E-state index contributed by atoms with van der Waals surface area (Å²) in [5.41, 5.74) is 3.06. The summed E-state index contributed by atoms with van der Waals surface area (Å²) in [6.45, 7) is 3.71. The van der Waals surface area contributed by atoms with Gasteiger partial charge in [-0.3, -0.25) is 14.3 Å². The minimum absolute atomic E-state index is 0.265. The Morgan fingerprint density at radius 3 is 2.90 bits per heavy atom. The third kappa shape index (κ3) is 3.57. The molecular formula is C23H24ClN3O2S. The molecule has 0 radical (unpaired) electrons. The fraction of sp³-hybridized carbons (Fsp3) is 0.391. The highest BCUT2D eigenvalue weighted by Gasteiger charge is 2.43. The molecule has 156 valence electrons. The largest absolute Gasteiger partial charge is 0.328 e. The second kappa shape index (κ2) is 7.84. The van der Waals surface area contributed by atoms with Crippen LogP contribution < -0.4 is 11.2 Å². The van der Waals surface area contributed by atoms with Gasteiger partial charge in [0.1, 0.15) is 0 Å². The van der Waals surface area contributed by atoms with Crippen LogP contribution in [0.25, 0.3) is 10.4 Å². The summed E-state index contributed by atoms with van der Waals surface area (Å²) in [6.07, 6.45) is 6.07. The number of nitrogens with one attached hydrogen (secondary N) is 1. The van der Waals surface area contributed by atoms with Gasteiger partial charge in [0.2, 0.25) is 0 Å². The minimum Gasteiger partial charge on any atom is -0.302 e. The highest BCUT2D eigenvalue weighted by Crippen LogP contribution is 2.46. The van der Waals surface area contributed by atoms with Gasteiger partial charge in [0.25, 0.3) is 5.56 Å². The van der Waals surface area contributed by atoms with Crippen molar-refractivity contribution in [2.75, 3.05) is 19.6 Å². The SMILES string of the molecule is O=c1[nH]c(=O)n(CCCN2CCC3(CCc4cc(Cl)ccc43)C2)cc1-c1cccs1. The van der Waals surface area contributed by atoms with Crippen molar-refractivity contribution in [1.82, 2.24) is 14.5 Å². The van der Waals surface area contributed by atoms with Gasteiger partial charge in [0, 0.05) is 34.6 Å². The molecule has 1 saturated heterocycles. The molecule has 1 aliphatic heterocycles. The molecule has 5 rings (SSSR count). The zero-order valence-electron chi connectivity index (χ0n) is 16.7.